The molecule has 2 aromatic rings. The van der Waals surface area contributed by atoms with Gasteiger partial charge in [0.1, 0.15) is 17.7 Å². The van der Waals surface area contributed by atoms with Gasteiger partial charge in [-0.2, -0.15) is 0 Å². The molecule has 1 aromatic heterocycles. The minimum Gasteiger partial charge on any atom is -0.491 e. The van der Waals surface area contributed by atoms with Crippen LogP contribution in [0.1, 0.15) is 24.2 Å². The summed E-state index contributed by atoms with van der Waals surface area (Å²) in [5.41, 5.74) is 1.78. The summed E-state index contributed by atoms with van der Waals surface area (Å²) < 4.78 is 10.4. The minimum absolute atomic E-state index is 0.105. The Balaban J connectivity index is 2.36. The lowest BCUT2D eigenvalue weighted by atomic mass is 10.1. The van der Waals surface area contributed by atoms with Crippen LogP contribution in [0.4, 0.5) is 0 Å². The molecule has 4 heteroatoms. The largest absolute Gasteiger partial charge is 0.491 e. The van der Waals surface area contributed by atoms with Crippen molar-refractivity contribution in [1.29, 1.82) is 0 Å². The van der Waals surface area contributed by atoms with Crippen LogP contribution >= 0.6 is 0 Å². The Morgan fingerprint density at radius 2 is 2.24 bits per heavy atom. The maximum atomic E-state index is 10.8. The third-order valence-corrected chi connectivity index (χ3v) is 2.20. The van der Waals surface area contributed by atoms with E-state index in [1.807, 2.05) is 38.1 Å². The molecule has 88 valence electrons. The Morgan fingerprint density at radius 1 is 1.41 bits per heavy atom. The number of nitrogens with zero attached hydrogens (tertiary/aromatic N) is 1. The Bertz CT molecular complexity index is 517. The molecule has 1 heterocycles. The third-order valence-electron chi connectivity index (χ3n) is 2.20. The molecule has 0 fully saturated rings. The van der Waals surface area contributed by atoms with Crippen LogP contribution in [0.15, 0.2) is 35.1 Å². The van der Waals surface area contributed by atoms with Crippen molar-refractivity contribution in [2.24, 2.45) is 0 Å². The highest BCUT2D eigenvalue weighted by Gasteiger charge is 2.10. The van der Waals surface area contributed by atoms with Crippen molar-refractivity contribution in [1.82, 2.24) is 5.16 Å². The van der Waals surface area contributed by atoms with Crippen LogP contribution in [0.25, 0.3) is 11.3 Å². The van der Waals surface area contributed by atoms with Crippen LogP contribution in [-0.4, -0.2) is 17.5 Å². The molecule has 0 unspecified atom stereocenters. The molecule has 17 heavy (non-hydrogen) atoms. The van der Waals surface area contributed by atoms with Crippen LogP contribution < -0.4 is 4.74 Å². The summed E-state index contributed by atoms with van der Waals surface area (Å²) in [5, 5.41) is 3.82. The molecule has 4 nitrogen and oxygen atoms in total. The zero-order chi connectivity index (χ0) is 12.3. The first-order chi connectivity index (χ1) is 8.20. The molecule has 0 saturated heterocycles. The first-order valence-electron chi connectivity index (χ1n) is 5.37. The predicted molar refractivity (Wildman–Crippen MR) is 63.1 cm³/mol. The van der Waals surface area contributed by atoms with Crippen LogP contribution in [0, 0.1) is 0 Å². The molecule has 0 amide bonds. The Morgan fingerprint density at radius 3 is 2.94 bits per heavy atom. The van der Waals surface area contributed by atoms with E-state index in [0.717, 1.165) is 17.6 Å². The van der Waals surface area contributed by atoms with Gasteiger partial charge in [0, 0.05) is 5.56 Å². The van der Waals surface area contributed by atoms with Gasteiger partial charge >= 0.3 is 0 Å². The number of benzene rings is 1. The zero-order valence-electron chi connectivity index (χ0n) is 9.71. The molecule has 0 spiro atoms. The number of hydrogen-bond acceptors (Lipinski definition) is 4. The fourth-order valence-electron chi connectivity index (χ4n) is 1.54. The van der Waals surface area contributed by atoms with Crippen molar-refractivity contribution in [3.05, 3.63) is 36.1 Å². The second-order valence-electron chi connectivity index (χ2n) is 3.93. The van der Waals surface area contributed by atoms with Crippen LogP contribution in [-0.2, 0) is 0 Å². The lowest BCUT2D eigenvalue weighted by molar-refractivity contribution is 0.112. The molecule has 0 aliphatic heterocycles. The number of carbonyl (C=O) groups is 1. The Kier molecular flexibility index (Phi) is 3.23. The summed E-state index contributed by atoms with van der Waals surface area (Å²) in [6.07, 6.45) is 2.16. The number of carbonyl (C=O) groups excluding carboxylic acids is 1. The third kappa shape index (κ3) is 2.53. The van der Waals surface area contributed by atoms with Crippen molar-refractivity contribution >= 4 is 6.29 Å². The second-order valence-corrected chi connectivity index (χ2v) is 3.93. The molecule has 0 N–H and O–H groups in total. The first kappa shape index (κ1) is 11.4. The Labute approximate surface area is 99.2 Å². The standard InChI is InChI=1S/C13H13NO3/c1-9(2)17-12-5-3-4-10(6-12)13-11(7-15)8-16-14-13/h3-9H,1-2H3. The molecule has 0 atom stereocenters. The summed E-state index contributed by atoms with van der Waals surface area (Å²) in [7, 11) is 0. The maximum Gasteiger partial charge on any atom is 0.155 e. The van der Waals surface area contributed by atoms with Crippen molar-refractivity contribution in [2.45, 2.75) is 20.0 Å². The highest BCUT2D eigenvalue weighted by atomic mass is 16.5. The van der Waals surface area contributed by atoms with Gasteiger partial charge in [0.05, 0.1) is 11.7 Å². The fourth-order valence-corrected chi connectivity index (χ4v) is 1.54. The van der Waals surface area contributed by atoms with Crippen molar-refractivity contribution < 1.29 is 14.1 Å². The van der Waals surface area contributed by atoms with Crippen molar-refractivity contribution in [3.63, 3.8) is 0 Å². The zero-order valence-corrected chi connectivity index (χ0v) is 9.71. The van der Waals surface area contributed by atoms with E-state index >= 15 is 0 Å². The second kappa shape index (κ2) is 4.82. The first-order valence-corrected chi connectivity index (χ1v) is 5.37. The molecule has 2 rings (SSSR count). The van der Waals surface area contributed by atoms with Crippen LogP contribution in [0.3, 0.4) is 0 Å². The Hall–Kier alpha value is -2.10. The van der Waals surface area contributed by atoms with Gasteiger partial charge in [0.2, 0.25) is 0 Å². The maximum absolute atomic E-state index is 10.8. The van der Waals surface area contributed by atoms with E-state index in [4.69, 9.17) is 9.26 Å². The molecule has 0 aliphatic carbocycles. The number of ether oxygens (including phenoxy) is 1. The number of rotatable bonds is 4. The van der Waals surface area contributed by atoms with E-state index in [-0.39, 0.29) is 6.10 Å². The minimum atomic E-state index is 0.105. The van der Waals surface area contributed by atoms with E-state index in [0.29, 0.717) is 11.3 Å². The average molecular weight is 231 g/mol. The topological polar surface area (TPSA) is 52.3 Å². The summed E-state index contributed by atoms with van der Waals surface area (Å²) in [5.74, 6) is 0.748. The highest BCUT2D eigenvalue weighted by Crippen LogP contribution is 2.25. The van der Waals surface area contributed by atoms with Gasteiger partial charge in [-0.25, -0.2) is 0 Å². The smallest absolute Gasteiger partial charge is 0.155 e. The molecular formula is C13H13NO3. The molecule has 0 aliphatic rings. The van der Waals surface area contributed by atoms with E-state index in [9.17, 15) is 4.79 Å². The van der Waals surface area contributed by atoms with Gasteiger partial charge in [-0.1, -0.05) is 17.3 Å². The lowest BCUT2D eigenvalue weighted by Gasteiger charge is -2.10. The van der Waals surface area contributed by atoms with E-state index in [1.54, 1.807) is 0 Å². The van der Waals surface area contributed by atoms with Crippen LogP contribution in [0.5, 0.6) is 5.75 Å². The van der Waals surface area contributed by atoms with E-state index < -0.39 is 0 Å². The van der Waals surface area contributed by atoms with Gasteiger partial charge in [0.15, 0.2) is 6.29 Å². The summed E-state index contributed by atoms with van der Waals surface area (Å²) in [6, 6.07) is 7.42. The van der Waals surface area contributed by atoms with E-state index in [1.165, 1.54) is 6.26 Å². The van der Waals surface area contributed by atoms with Gasteiger partial charge in [0.25, 0.3) is 0 Å². The van der Waals surface area contributed by atoms with Crippen molar-refractivity contribution in [2.75, 3.05) is 0 Å². The molecule has 0 radical (unpaired) electrons. The van der Waals surface area contributed by atoms with Gasteiger partial charge in [-0.3, -0.25) is 4.79 Å². The normalized spacial score (nSPS) is 10.5. The van der Waals surface area contributed by atoms with Crippen LogP contribution in [0.2, 0.25) is 0 Å². The average Bonchev–Trinajstić information content (AvgIpc) is 2.76. The quantitative estimate of drug-likeness (QED) is 0.759. The van der Waals surface area contributed by atoms with Crippen molar-refractivity contribution in [3.8, 4) is 17.0 Å². The fraction of sp³-hybridized carbons (Fsp3) is 0.231. The molecule has 1 aromatic carbocycles. The monoisotopic (exact) mass is 231 g/mol. The summed E-state index contributed by atoms with van der Waals surface area (Å²) >= 11 is 0. The lowest BCUT2D eigenvalue weighted by Crippen LogP contribution is -2.05. The van der Waals surface area contributed by atoms with E-state index in [2.05, 4.69) is 5.16 Å². The number of aromatic nitrogens is 1. The SMILES string of the molecule is CC(C)Oc1cccc(-c2nocc2C=O)c1. The summed E-state index contributed by atoms with van der Waals surface area (Å²) in [4.78, 5) is 10.8. The van der Waals surface area contributed by atoms with Gasteiger partial charge in [-0.05, 0) is 26.0 Å². The highest BCUT2D eigenvalue weighted by molar-refractivity contribution is 5.85. The number of hydrogen-bond donors (Lipinski definition) is 0. The predicted octanol–water partition coefficient (Wildman–Crippen LogP) is 2.94. The number of aldehydes is 1. The summed E-state index contributed by atoms with van der Waals surface area (Å²) in [6.45, 7) is 3.92. The molecular weight excluding hydrogens is 218 g/mol. The molecule has 0 bridgehead atoms. The van der Waals surface area contributed by atoms with Gasteiger partial charge in [-0.15, -0.1) is 0 Å². The molecule has 0 saturated carbocycles. The van der Waals surface area contributed by atoms with Gasteiger partial charge < -0.3 is 9.26 Å².